The molecule has 0 bridgehead atoms. The number of carbonyl (C=O) groups excluding carboxylic acids is 1. The van der Waals surface area contributed by atoms with Gasteiger partial charge in [-0.2, -0.15) is 4.36 Å². The first-order valence-corrected chi connectivity index (χ1v) is 8.22. The van der Waals surface area contributed by atoms with Gasteiger partial charge >= 0.3 is 0 Å². The summed E-state index contributed by atoms with van der Waals surface area (Å²) in [6, 6.07) is 16.5. The number of alkyl halides is 1. The zero-order valence-corrected chi connectivity index (χ0v) is 12.5. The minimum absolute atomic E-state index is 0.0617. The van der Waals surface area contributed by atoms with Crippen molar-refractivity contribution in [2.24, 2.45) is 4.36 Å². The number of rotatable bonds is 1. The lowest BCUT2D eigenvalue weighted by molar-refractivity contribution is -0.115. The summed E-state index contributed by atoms with van der Waals surface area (Å²) in [4.78, 5) is 14.0. The Morgan fingerprint density at radius 2 is 1.50 bits per heavy atom. The summed E-state index contributed by atoms with van der Waals surface area (Å²) in [7, 11) is -0.551. The molecule has 0 aliphatic carbocycles. The van der Waals surface area contributed by atoms with Crippen LogP contribution in [0.5, 0.6) is 0 Å². The number of hydrogen-bond donors (Lipinski definition) is 0. The third kappa shape index (κ3) is 2.56. The fourth-order valence-corrected chi connectivity index (χ4v) is 4.49. The van der Waals surface area contributed by atoms with E-state index in [1.807, 2.05) is 24.3 Å². The molecule has 0 radical (unpaired) electrons. The third-order valence-corrected chi connectivity index (χ3v) is 5.58. The fourth-order valence-electron chi connectivity index (χ4n) is 2.41. The molecule has 102 valence electrons. The number of halogens is 1. The number of benzene rings is 2. The average molecular weight is 304 g/mol. The molecule has 2 aromatic rings. The largest absolute Gasteiger partial charge is 0.271 e. The topological polar surface area (TPSA) is 29.4 Å². The number of nitrogens with zero attached hydrogens (tertiary/aromatic N) is 1. The van der Waals surface area contributed by atoms with Crippen LogP contribution in [0, 0.1) is 0 Å². The van der Waals surface area contributed by atoms with Gasteiger partial charge in [0.25, 0.3) is 5.91 Å². The van der Waals surface area contributed by atoms with E-state index in [4.69, 9.17) is 11.6 Å². The zero-order valence-electron chi connectivity index (χ0n) is 10.9. The van der Waals surface area contributed by atoms with Gasteiger partial charge in [-0.25, -0.2) is 0 Å². The Labute approximate surface area is 125 Å². The van der Waals surface area contributed by atoms with Crippen molar-refractivity contribution in [2.45, 2.75) is 22.6 Å². The normalized spacial score (nSPS) is 14.1. The molecule has 3 rings (SSSR count). The molecule has 1 aliphatic heterocycles. The van der Waals surface area contributed by atoms with Crippen molar-refractivity contribution in [3.8, 4) is 0 Å². The lowest BCUT2D eigenvalue weighted by Crippen LogP contribution is -2.02. The van der Waals surface area contributed by atoms with Crippen molar-refractivity contribution in [1.29, 1.82) is 0 Å². The Kier molecular flexibility index (Phi) is 3.99. The van der Waals surface area contributed by atoms with Crippen LogP contribution >= 0.6 is 11.6 Å². The molecule has 0 unspecified atom stereocenters. The summed E-state index contributed by atoms with van der Waals surface area (Å²) in [6.07, 6.45) is 1.97. The first-order chi connectivity index (χ1) is 9.79. The van der Waals surface area contributed by atoms with Crippen molar-refractivity contribution in [2.75, 3.05) is 5.88 Å². The lowest BCUT2D eigenvalue weighted by Gasteiger charge is -2.10. The summed E-state index contributed by atoms with van der Waals surface area (Å²) in [5.74, 6) is -0.310. The predicted octanol–water partition coefficient (Wildman–Crippen LogP) is 3.77. The zero-order chi connectivity index (χ0) is 13.9. The second-order valence-corrected chi connectivity index (χ2v) is 6.52. The maximum Gasteiger partial charge on any atom is 0.267 e. The Hall–Kier alpha value is -1.45. The van der Waals surface area contributed by atoms with Crippen LogP contribution in [0.1, 0.15) is 11.1 Å². The van der Waals surface area contributed by atoms with E-state index in [1.165, 1.54) is 11.1 Å². The van der Waals surface area contributed by atoms with Crippen LogP contribution < -0.4 is 0 Å². The lowest BCUT2D eigenvalue weighted by atomic mass is 10.0. The Bertz CT molecular complexity index is 647. The maximum absolute atomic E-state index is 11.7. The molecular formula is C16H14ClNOS. The molecule has 2 nitrogen and oxygen atoms in total. The van der Waals surface area contributed by atoms with E-state index in [0.717, 1.165) is 22.6 Å². The second-order valence-electron chi connectivity index (χ2n) is 4.62. The van der Waals surface area contributed by atoms with Crippen LogP contribution in [0.2, 0.25) is 0 Å². The predicted molar refractivity (Wildman–Crippen MR) is 82.3 cm³/mol. The van der Waals surface area contributed by atoms with Gasteiger partial charge in [0.15, 0.2) is 0 Å². The van der Waals surface area contributed by atoms with E-state index in [0.29, 0.717) is 0 Å². The highest BCUT2D eigenvalue weighted by Crippen LogP contribution is 2.30. The Balaban J connectivity index is 2.24. The molecule has 0 N–H and O–H groups in total. The molecule has 0 saturated carbocycles. The number of amides is 1. The SMILES string of the molecule is O=C(CCl)N=S1c2ccccc2CCc2ccccc21. The van der Waals surface area contributed by atoms with Gasteiger partial charge in [0.2, 0.25) is 0 Å². The van der Waals surface area contributed by atoms with E-state index < -0.39 is 10.7 Å². The Morgan fingerprint density at radius 1 is 1.00 bits per heavy atom. The van der Waals surface area contributed by atoms with Crippen molar-refractivity contribution in [1.82, 2.24) is 0 Å². The van der Waals surface area contributed by atoms with Crippen molar-refractivity contribution in [3.05, 3.63) is 59.7 Å². The van der Waals surface area contributed by atoms with Crippen molar-refractivity contribution >= 4 is 28.2 Å². The molecule has 0 spiro atoms. The summed E-state index contributed by atoms with van der Waals surface area (Å²) in [6.45, 7) is 0. The van der Waals surface area contributed by atoms with Crippen molar-refractivity contribution in [3.63, 3.8) is 0 Å². The molecule has 1 heterocycles. The van der Waals surface area contributed by atoms with Gasteiger partial charge in [0.1, 0.15) is 5.88 Å². The molecule has 4 heteroatoms. The van der Waals surface area contributed by atoms with E-state index in [-0.39, 0.29) is 11.8 Å². The summed E-state index contributed by atoms with van der Waals surface area (Å²) >= 11 is 5.63. The molecule has 0 atom stereocenters. The van der Waals surface area contributed by atoms with Crippen LogP contribution in [0.4, 0.5) is 0 Å². The monoisotopic (exact) mass is 303 g/mol. The van der Waals surface area contributed by atoms with Crippen LogP contribution in [0.15, 0.2) is 62.7 Å². The third-order valence-electron chi connectivity index (χ3n) is 3.33. The number of hydrogen-bond acceptors (Lipinski definition) is 1. The van der Waals surface area contributed by atoms with Gasteiger partial charge in [0.05, 0.1) is 0 Å². The van der Waals surface area contributed by atoms with Crippen LogP contribution in [-0.2, 0) is 28.3 Å². The molecule has 20 heavy (non-hydrogen) atoms. The number of aryl methyl sites for hydroxylation is 2. The van der Waals surface area contributed by atoms with Crippen LogP contribution in [0.3, 0.4) is 0 Å². The Morgan fingerprint density at radius 3 is 2.00 bits per heavy atom. The molecular weight excluding hydrogens is 290 g/mol. The summed E-state index contributed by atoms with van der Waals surface area (Å²) in [5.41, 5.74) is 2.55. The van der Waals surface area contributed by atoms with Gasteiger partial charge < -0.3 is 0 Å². The van der Waals surface area contributed by atoms with Gasteiger partial charge in [0, 0.05) is 9.79 Å². The average Bonchev–Trinajstić information content (AvgIpc) is 2.65. The number of carbonyl (C=O) groups is 1. The fraction of sp³-hybridized carbons (Fsp3) is 0.188. The molecule has 0 saturated heterocycles. The summed E-state index contributed by atoms with van der Waals surface area (Å²) < 4.78 is 4.35. The van der Waals surface area contributed by atoms with Gasteiger partial charge in [-0.15, -0.1) is 11.6 Å². The van der Waals surface area contributed by atoms with Crippen molar-refractivity contribution < 1.29 is 4.79 Å². The molecule has 1 amide bonds. The standard InChI is InChI=1S/C16H14ClNOS/c17-11-16(19)18-20-14-7-3-1-5-12(14)9-10-13-6-2-4-8-15(13)20/h1-8H,9-11H2. The first-order valence-electron chi connectivity index (χ1n) is 6.50. The quantitative estimate of drug-likeness (QED) is 0.737. The van der Waals surface area contributed by atoms with Gasteiger partial charge in [-0.3, -0.25) is 4.79 Å². The molecule has 1 aliphatic rings. The van der Waals surface area contributed by atoms with E-state index >= 15 is 0 Å². The van der Waals surface area contributed by atoms with E-state index in [9.17, 15) is 4.79 Å². The van der Waals surface area contributed by atoms with Gasteiger partial charge in [-0.1, -0.05) is 36.4 Å². The number of fused-ring (bicyclic) bond motifs is 2. The van der Waals surface area contributed by atoms with Crippen LogP contribution in [-0.4, -0.2) is 11.8 Å². The minimum Gasteiger partial charge on any atom is -0.271 e. The van der Waals surface area contributed by atoms with Gasteiger partial charge in [-0.05, 0) is 46.8 Å². The summed E-state index contributed by atoms with van der Waals surface area (Å²) in [5, 5.41) is 0. The first kappa shape index (κ1) is 13.5. The minimum atomic E-state index is -0.551. The van der Waals surface area contributed by atoms with E-state index in [2.05, 4.69) is 28.6 Å². The smallest absolute Gasteiger partial charge is 0.267 e. The molecule has 0 aromatic heterocycles. The maximum atomic E-state index is 11.7. The molecule has 2 aromatic carbocycles. The van der Waals surface area contributed by atoms with E-state index in [1.54, 1.807) is 0 Å². The highest BCUT2D eigenvalue weighted by molar-refractivity contribution is 7.87. The second kappa shape index (κ2) is 5.90. The highest BCUT2D eigenvalue weighted by atomic mass is 35.5. The van der Waals surface area contributed by atoms with Crippen LogP contribution in [0.25, 0.3) is 0 Å². The highest BCUT2D eigenvalue weighted by Gasteiger charge is 2.18. The molecule has 0 fully saturated rings.